The van der Waals surface area contributed by atoms with Crippen molar-refractivity contribution < 1.29 is 9.21 Å². The number of nitrogen functional groups attached to an aromatic ring is 1. The maximum Gasteiger partial charge on any atom is 0.221 e. The zero-order chi connectivity index (χ0) is 14.8. The van der Waals surface area contributed by atoms with Crippen LogP contribution in [-0.2, 0) is 0 Å². The third kappa shape index (κ3) is 2.83. The number of nitrogens with two attached hydrogens (primary N) is 1. The first kappa shape index (κ1) is 13.5. The third-order valence-corrected chi connectivity index (χ3v) is 3.40. The van der Waals surface area contributed by atoms with Crippen molar-refractivity contribution >= 4 is 40.1 Å². The summed E-state index contributed by atoms with van der Waals surface area (Å²) in [7, 11) is 0. The predicted molar refractivity (Wildman–Crippen MR) is 85.4 cm³/mol. The molecular formula is C17H12ClNO2. The summed E-state index contributed by atoms with van der Waals surface area (Å²) in [6.45, 7) is 0. The Kier molecular flexibility index (Phi) is 3.50. The number of hydrogen-bond acceptors (Lipinski definition) is 3. The molecule has 0 saturated carbocycles. The van der Waals surface area contributed by atoms with E-state index in [1.165, 1.54) is 6.08 Å². The van der Waals surface area contributed by atoms with Crippen LogP contribution in [0.3, 0.4) is 0 Å². The molecule has 3 nitrogen and oxygen atoms in total. The quantitative estimate of drug-likeness (QED) is 0.438. The molecular weight excluding hydrogens is 286 g/mol. The Morgan fingerprint density at radius 3 is 2.62 bits per heavy atom. The molecule has 3 aromatic rings. The molecule has 1 aromatic heterocycles. The van der Waals surface area contributed by atoms with E-state index in [0.29, 0.717) is 16.3 Å². The summed E-state index contributed by atoms with van der Waals surface area (Å²) in [4.78, 5) is 12.1. The largest absolute Gasteiger partial charge is 0.451 e. The van der Waals surface area contributed by atoms with Gasteiger partial charge in [0.15, 0.2) is 11.3 Å². The first-order valence-electron chi connectivity index (χ1n) is 6.39. The number of ketones is 1. The average molecular weight is 298 g/mol. The van der Waals surface area contributed by atoms with Crippen LogP contribution in [0.5, 0.6) is 0 Å². The number of hydrogen-bond donors (Lipinski definition) is 1. The van der Waals surface area contributed by atoms with Gasteiger partial charge in [-0.25, -0.2) is 0 Å². The summed E-state index contributed by atoms with van der Waals surface area (Å²) in [5, 5.41) is 1.31. The fraction of sp³-hybridized carbons (Fsp3) is 0. The Hall–Kier alpha value is -2.52. The molecule has 4 heteroatoms. The van der Waals surface area contributed by atoms with E-state index >= 15 is 0 Å². The Morgan fingerprint density at radius 2 is 1.90 bits per heavy atom. The zero-order valence-corrected chi connectivity index (χ0v) is 11.8. The van der Waals surface area contributed by atoms with Crippen molar-refractivity contribution in [3.8, 4) is 0 Å². The van der Waals surface area contributed by atoms with Crippen LogP contribution < -0.4 is 5.73 Å². The highest BCUT2D eigenvalue weighted by molar-refractivity contribution is 6.35. The van der Waals surface area contributed by atoms with Crippen LogP contribution >= 0.6 is 11.6 Å². The molecule has 0 radical (unpaired) electrons. The van der Waals surface area contributed by atoms with Crippen LogP contribution in [0.25, 0.3) is 17.0 Å². The Balaban J connectivity index is 1.86. The molecule has 0 atom stereocenters. The van der Waals surface area contributed by atoms with Gasteiger partial charge in [-0.15, -0.1) is 0 Å². The highest BCUT2D eigenvalue weighted by atomic mass is 35.5. The van der Waals surface area contributed by atoms with Crippen LogP contribution in [0.1, 0.15) is 16.1 Å². The van der Waals surface area contributed by atoms with Gasteiger partial charge in [0, 0.05) is 11.1 Å². The summed E-state index contributed by atoms with van der Waals surface area (Å²) in [5.41, 5.74) is 7.72. The van der Waals surface area contributed by atoms with Crippen molar-refractivity contribution in [2.24, 2.45) is 0 Å². The second-order valence-electron chi connectivity index (χ2n) is 4.63. The van der Waals surface area contributed by atoms with Crippen molar-refractivity contribution in [1.29, 1.82) is 0 Å². The van der Waals surface area contributed by atoms with Crippen LogP contribution in [0.15, 0.2) is 59.0 Å². The number of benzene rings is 2. The summed E-state index contributed by atoms with van der Waals surface area (Å²) in [6.07, 6.45) is 3.19. The smallest absolute Gasteiger partial charge is 0.221 e. The lowest BCUT2D eigenvalue weighted by atomic mass is 10.1. The van der Waals surface area contributed by atoms with Crippen LogP contribution in [0.4, 0.5) is 5.69 Å². The van der Waals surface area contributed by atoms with Crippen molar-refractivity contribution in [3.05, 3.63) is 71.0 Å². The van der Waals surface area contributed by atoms with Crippen LogP contribution in [-0.4, -0.2) is 5.78 Å². The van der Waals surface area contributed by atoms with E-state index in [-0.39, 0.29) is 11.5 Å². The van der Waals surface area contributed by atoms with Gasteiger partial charge >= 0.3 is 0 Å². The molecule has 104 valence electrons. The van der Waals surface area contributed by atoms with E-state index in [1.807, 2.05) is 24.3 Å². The third-order valence-electron chi connectivity index (χ3n) is 3.10. The molecule has 0 bridgehead atoms. The second-order valence-corrected chi connectivity index (χ2v) is 5.04. The van der Waals surface area contributed by atoms with Crippen molar-refractivity contribution in [2.75, 3.05) is 5.73 Å². The number of allylic oxidation sites excluding steroid dienone is 1. The minimum Gasteiger partial charge on any atom is -0.451 e. The molecule has 0 amide bonds. The molecule has 0 unspecified atom stereocenters. The van der Waals surface area contributed by atoms with Gasteiger partial charge in [-0.3, -0.25) is 4.79 Å². The highest BCUT2D eigenvalue weighted by Gasteiger charge is 2.11. The van der Waals surface area contributed by atoms with E-state index in [4.69, 9.17) is 21.8 Å². The standard InChI is InChI=1S/C17H12ClNO2/c18-14-3-1-2-12-10-16(21-17(12)14)15(20)9-6-11-4-7-13(19)8-5-11/h1-10H,19H2/b9-6+. The average Bonchev–Trinajstić information content (AvgIpc) is 2.92. The maximum atomic E-state index is 12.1. The summed E-state index contributed by atoms with van der Waals surface area (Å²) >= 11 is 6.03. The van der Waals surface area contributed by atoms with Crippen LogP contribution in [0.2, 0.25) is 5.02 Å². The molecule has 21 heavy (non-hydrogen) atoms. The minimum atomic E-state index is -0.209. The fourth-order valence-electron chi connectivity index (χ4n) is 2.01. The fourth-order valence-corrected chi connectivity index (χ4v) is 2.23. The molecule has 0 spiro atoms. The van der Waals surface area contributed by atoms with Gasteiger partial charge in [-0.1, -0.05) is 41.9 Å². The van der Waals surface area contributed by atoms with E-state index < -0.39 is 0 Å². The molecule has 2 aromatic carbocycles. The number of rotatable bonds is 3. The van der Waals surface area contributed by atoms with E-state index in [0.717, 1.165) is 10.9 Å². The maximum absolute atomic E-state index is 12.1. The SMILES string of the molecule is Nc1ccc(/C=C/C(=O)c2cc3cccc(Cl)c3o2)cc1. The minimum absolute atomic E-state index is 0.209. The van der Waals surface area contributed by atoms with Crippen molar-refractivity contribution in [1.82, 2.24) is 0 Å². The number of carbonyl (C=O) groups excluding carboxylic acids is 1. The highest BCUT2D eigenvalue weighted by Crippen LogP contribution is 2.27. The lowest BCUT2D eigenvalue weighted by Gasteiger charge is -1.94. The summed E-state index contributed by atoms with van der Waals surface area (Å²) in [6, 6.07) is 14.3. The Labute approximate surface area is 126 Å². The van der Waals surface area contributed by atoms with Crippen molar-refractivity contribution in [2.45, 2.75) is 0 Å². The second kappa shape index (κ2) is 5.46. The molecule has 0 aliphatic heterocycles. The summed E-state index contributed by atoms with van der Waals surface area (Å²) < 4.78 is 5.52. The van der Waals surface area contributed by atoms with Crippen molar-refractivity contribution in [3.63, 3.8) is 0 Å². The number of fused-ring (bicyclic) bond motifs is 1. The molecule has 2 N–H and O–H groups in total. The number of para-hydroxylation sites is 1. The number of halogens is 1. The van der Waals surface area contributed by atoms with Gasteiger partial charge < -0.3 is 10.2 Å². The monoisotopic (exact) mass is 297 g/mol. The first-order chi connectivity index (χ1) is 10.1. The van der Waals surface area contributed by atoms with E-state index in [2.05, 4.69) is 0 Å². The van der Waals surface area contributed by atoms with Gasteiger partial charge in [0.05, 0.1) is 5.02 Å². The van der Waals surface area contributed by atoms with Gasteiger partial charge in [-0.2, -0.15) is 0 Å². The topological polar surface area (TPSA) is 56.2 Å². The first-order valence-corrected chi connectivity index (χ1v) is 6.77. The molecule has 1 heterocycles. The van der Waals surface area contributed by atoms with E-state index in [1.54, 1.807) is 30.3 Å². The van der Waals surface area contributed by atoms with E-state index in [9.17, 15) is 4.79 Å². The van der Waals surface area contributed by atoms with Gasteiger partial charge in [0.2, 0.25) is 5.78 Å². The molecule has 0 aliphatic rings. The molecule has 3 rings (SSSR count). The molecule has 0 aliphatic carbocycles. The Bertz CT molecular complexity index is 832. The zero-order valence-electron chi connectivity index (χ0n) is 11.0. The van der Waals surface area contributed by atoms with Gasteiger partial charge in [-0.05, 0) is 35.9 Å². The Morgan fingerprint density at radius 1 is 1.14 bits per heavy atom. The number of anilines is 1. The predicted octanol–water partition coefficient (Wildman–Crippen LogP) is 4.56. The number of carbonyl (C=O) groups is 1. The lowest BCUT2D eigenvalue weighted by Crippen LogP contribution is -1.90. The molecule has 0 fully saturated rings. The van der Waals surface area contributed by atoms with Gasteiger partial charge in [0.25, 0.3) is 0 Å². The molecule has 0 saturated heterocycles. The number of furan rings is 1. The van der Waals surface area contributed by atoms with Gasteiger partial charge in [0.1, 0.15) is 0 Å². The normalized spacial score (nSPS) is 11.3. The van der Waals surface area contributed by atoms with Crippen LogP contribution in [0, 0.1) is 0 Å². The summed E-state index contributed by atoms with van der Waals surface area (Å²) in [5.74, 6) is 0.0592. The lowest BCUT2D eigenvalue weighted by molar-refractivity contribution is 0.102.